The maximum absolute atomic E-state index is 9.22. The number of para-hydroxylation sites is 2. The van der Waals surface area contributed by atoms with Crippen molar-refractivity contribution < 1.29 is 19.3 Å². The molecule has 1 aromatic carbocycles. The van der Waals surface area contributed by atoms with Crippen LogP contribution in [-0.4, -0.2) is 43.7 Å². The van der Waals surface area contributed by atoms with Gasteiger partial charge in [0.2, 0.25) is 0 Å². The molecule has 1 heterocycles. The van der Waals surface area contributed by atoms with Gasteiger partial charge in [0.05, 0.1) is 19.3 Å². The number of ether oxygens (including phenoxy) is 3. The van der Waals surface area contributed by atoms with Crippen LogP contribution in [0.5, 0.6) is 11.5 Å². The Balaban J connectivity index is 1.78. The van der Waals surface area contributed by atoms with Crippen molar-refractivity contribution in [3.8, 4) is 11.5 Å². The number of nitrogens with two attached hydrogens (primary N) is 1. The number of hydrogen-bond acceptors (Lipinski definition) is 5. The lowest BCUT2D eigenvalue weighted by Crippen LogP contribution is -2.35. The maximum Gasteiger partial charge on any atom is 0.161 e. The van der Waals surface area contributed by atoms with Crippen molar-refractivity contribution in [2.75, 3.05) is 26.4 Å². The van der Waals surface area contributed by atoms with E-state index < -0.39 is 6.10 Å². The SMILES string of the molecule is NC[C@@H](O)COC[C@H]1COc2ccccc2O1. The summed E-state index contributed by atoms with van der Waals surface area (Å²) in [5.41, 5.74) is 5.27. The van der Waals surface area contributed by atoms with Crippen LogP contribution in [0.3, 0.4) is 0 Å². The molecule has 0 radical (unpaired) electrons. The van der Waals surface area contributed by atoms with Gasteiger partial charge in [0.1, 0.15) is 6.61 Å². The average Bonchev–Trinajstić information content (AvgIpc) is 2.38. The molecule has 0 unspecified atom stereocenters. The maximum atomic E-state index is 9.22. The van der Waals surface area contributed by atoms with Gasteiger partial charge in [-0.3, -0.25) is 0 Å². The van der Waals surface area contributed by atoms with Crippen LogP contribution >= 0.6 is 0 Å². The highest BCUT2D eigenvalue weighted by Gasteiger charge is 2.20. The Labute approximate surface area is 100 Å². The van der Waals surface area contributed by atoms with Gasteiger partial charge in [-0.25, -0.2) is 0 Å². The summed E-state index contributed by atoms with van der Waals surface area (Å²) in [7, 11) is 0. The molecule has 2 rings (SSSR count). The first-order valence-corrected chi connectivity index (χ1v) is 5.64. The second-order valence-corrected chi connectivity index (χ2v) is 3.92. The van der Waals surface area contributed by atoms with Gasteiger partial charge >= 0.3 is 0 Å². The van der Waals surface area contributed by atoms with Gasteiger partial charge in [-0.2, -0.15) is 0 Å². The molecule has 0 spiro atoms. The fraction of sp³-hybridized carbons (Fsp3) is 0.500. The van der Waals surface area contributed by atoms with Gasteiger partial charge in [0.25, 0.3) is 0 Å². The van der Waals surface area contributed by atoms with Crippen LogP contribution in [0.25, 0.3) is 0 Å². The van der Waals surface area contributed by atoms with Crippen LogP contribution in [-0.2, 0) is 4.74 Å². The normalized spacial score (nSPS) is 20.0. The molecule has 17 heavy (non-hydrogen) atoms. The van der Waals surface area contributed by atoms with Crippen LogP contribution < -0.4 is 15.2 Å². The predicted octanol–water partition coefficient (Wildman–Crippen LogP) is 0.163. The second-order valence-electron chi connectivity index (χ2n) is 3.92. The highest BCUT2D eigenvalue weighted by Crippen LogP contribution is 2.30. The monoisotopic (exact) mass is 239 g/mol. The van der Waals surface area contributed by atoms with Crippen LogP contribution in [0, 0.1) is 0 Å². The molecule has 94 valence electrons. The fourth-order valence-corrected chi connectivity index (χ4v) is 1.55. The predicted molar refractivity (Wildman–Crippen MR) is 62.2 cm³/mol. The summed E-state index contributed by atoms with van der Waals surface area (Å²) in [5, 5.41) is 9.22. The van der Waals surface area contributed by atoms with E-state index >= 15 is 0 Å². The largest absolute Gasteiger partial charge is 0.486 e. The molecule has 0 saturated heterocycles. The van der Waals surface area contributed by atoms with Crippen molar-refractivity contribution in [2.24, 2.45) is 5.73 Å². The minimum atomic E-state index is -0.619. The minimum Gasteiger partial charge on any atom is -0.486 e. The summed E-state index contributed by atoms with van der Waals surface area (Å²) in [5.74, 6) is 1.48. The molecule has 0 bridgehead atoms. The third kappa shape index (κ3) is 3.33. The number of aliphatic hydroxyl groups excluding tert-OH is 1. The lowest BCUT2D eigenvalue weighted by Gasteiger charge is -2.26. The van der Waals surface area contributed by atoms with E-state index in [2.05, 4.69) is 0 Å². The van der Waals surface area contributed by atoms with E-state index in [0.29, 0.717) is 13.2 Å². The molecule has 5 heteroatoms. The quantitative estimate of drug-likeness (QED) is 0.765. The Morgan fingerprint density at radius 3 is 2.94 bits per heavy atom. The summed E-state index contributed by atoms with van der Waals surface area (Å²) in [6.07, 6.45) is -0.762. The summed E-state index contributed by atoms with van der Waals surface area (Å²) in [6.45, 7) is 1.25. The third-order valence-electron chi connectivity index (χ3n) is 2.45. The molecule has 0 saturated carbocycles. The summed E-state index contributed by atoms with van der Waals surface area (Å²) in [4.78, 5) is 0. The second kappa shape index (κ2) is 5.86. The number of benzene rings is 1. The van der Waals surface area contributed by atoms with E-state index in [0.717, 1.165) is 11.5 Å². The zero-order valence-corrected chi connectivity index (χ0v) is 9.54. The molecule has 5 nitrogen and oxygen atoms in total. The molecule has 1 aromatic rings. The Hall–Kier alpha value is -1.30. The average molecular weight is 239 g/mol. The summed E-state index contributed by atoms with van der Waals surface area (Å²) >= 11 is 0. The van der Waals surface area contributed by atoms with E-state index in [1.54, 1.807) is 0 Å². The van der Waals surface area contributed by atoms with Gasteiger partial charge in [0.15, 0.2) is 17.6 Å². The van der Waals surface area contributed by atoms with Crippen LogP contribution in [0.2, 0.25) is 0 Å². The standard InChI is InChI=1S/C12H17NO4/c13-5-9(14)6-15-7-10-8-16-11-3-1-2-4-12(11)17-10/h1-4,9-10,14H,5-8,13H2/t9-,10+/m1/s1. The van der Waals surface area contributed by atoms with E-state index in [4.69, 9.17) is 19.9 Å². The highest BCUT2D eigenvalue weighted by atomic mass is 16.6. The van der Waals surface area contributed by atoms with Crippen molar-refractivity contribution in [1.29, 1.82) is 0 Å². The Bertz CT molecular complexity index is 358. The molecule has 0 aromatic heterocycles. The molecule has 1 aliphatic rings. The molecule has 0 fully saturated rings. The summed E-state index contributed by atoms with van der Waals surface area (Å²) < 4.78 is 16.5. The Morgan fingerprint density at radius 1 is 1.41 bits per heavy atom. The highest BCUT2D eigenvalue weighted by molar-refractivity contribution is 5.40. The van der Waals surface area contributed by atoms with Crippen molar-refractivity contribution in [3.63, 3.8) is 0 Å². The molecular weight excluding hydrogens is 222 g/mol. The molecule has 3 N–H and O–H groups in total. The summed E-state index contributed by atoms with van der Waals surface area (Å²) in [6, 6.07) is 7.51. The van der Waals surface area contributed by atoms with Crippen LogP contribution in [0.15, 0.2) is 24.3 Å². The van der Waals surface area contributed by atoms with E-state index in [9.17, 15) is 5.11 Å². The van der Waals surface area contributed by atoms with Crippen LogP contribution in [0.1, 0.15) is 0 Å². The third-order valence-corrected chi connectivity index (χ3v) is 2.45. The van der Waals surface area contributed by atoms with E-state index in [1.807, 2.05) is 24.3 Å². The number of fused-ring (bicyclic) bond motifs is 1. The van der Waals surface area contributed by atoms with E-state index in [1.165, 1.54) is 0 Å². The zero-order valence-electron chi connectivity index (χ0n) is 9.54. The van der Waals surface area contributed by atoms with Gasteiger partial charge < -0.3 is 25.1 Å². The first-order chi connectivity index (χ1) is 8.29. The van der Waals surface area contributed by atoms with Crippen LogP contribution in [0.4, 0.5) is 0 Å². The topological polar surface area (TPSA) is 73.9 Å². The number of hydrogen-bond donors (Lipinski definition) is 2. The number of rotatable bonds is 5. The minimum absolute atomic E-state index is 0.144. The first-order valence-electron chi connectivity index (χ1n) is 5.64. The van der Waals surface area contributed by atoms with Gasteiger partial charge in [0, 0.05) is 6.54 Å². The lowest BCUT2D eigenvalue weighted by atomic mass is 10.2. The molecule has 1 aliphatic heterocycles. The van der Waals surface area contributed by atoms with Crippen molar-refractivity contribution in [2.45, 2.75) is 12.2 Å². The number of aliphatic hydroxyl groups is 1. The van der Waals surface area contributed by atoms with Gasteiger partial charge in [-0.15, -0.1) is 0 Å². The molecule has 0 aliphatic carbocycles. The van der Waals surface area contributed by atoms with Gasteiger partial charge in [-0.1, -0.05) is 12.1 Å². The lowest BCUT2D eigenvalue weighted by molar-refractivity contribution is -0.0194. The smallest absolute Gasteiger partial charge is 0.161 e. The van der Waals surface area contributed by atoms with Crippen molar-refractivity contribution in [3.05, 3.63) is 24.3 Å². The van der Waals surface area contributed by atoms with Crippen molar-refractivity contribution >= 4 is 0 Å². The van der Waals surface area contributed by atoms with Crippen molar-refractivity contribution in [1.82, 2.24) is 0 Å². The molecule has 0 amide bonds. The molecular formula is C12H17NO4. The fourth-order valence-electron chi connectivity index (χ4n) is 1.55. The van der Waals surface area contributed by atoms with Gasteiger partial charge in [-0.05, 0) is 12.1 Å². The Kier molecular flexibility index (Phi) is 4.19. The molecule has 2 atom stereocenters. The Morgan fingerprint density at radius 2 is 2.18 bits per heavy atom. The zero-order chi connectivity index (χ0) is 12.1. The first kappa shape index (κ1) is 12.2. The van der Waals surface area contributed by atoms with E-state index in [-0.39, 0.29) is 19.3 Å².